The minimum Gasteiger partial charge on any atom is -0.318 e. The Balaban J connectivity index is 1.55. The first kappa shape index (κ1) is 16.1. The largest absolute Gasteiger partial charge is 0.322 e. The molecule has 4 heteroatoms. The van der Waals surface area contributed by atoms with Gasteiger partial charge < -0.3 is 10.2 Å². The SMILES string of the molecule is Cc1ccc(NC(=O)N2C3CC(C)CC2C3)cc1-c1ncccc1C. The molecule has 2 amide bonds. The molecule has 0 saturated carbocycles. The van der Waals surface area contributed by atoms with Crippen LogP contribution in [0.1, 0.15) is 37.3 Å². The van der Waals surface area contributed by atoms with Gasteiger partial charge in [0, 0.05) is 29.5 Å². The first-order valence-electron chi connectivity index (χ1n) is 9.15. The third kappa shape index (κ3) is 2.90. The number of amides is 2. The minimum atomic E-state index is 0.0423. The summed E-state index contributed by atoms with van der Waals surface area (Å²) in [5.41, 5.74) is 5.20. The van der Waals surface area contributed by atoms with E-state index in [9.17, 15) is 4.79 Å². The van der Waals surface area contributed by atoms with E-state index in [1.165, 1.54) is 6.42 Å². The van der Waals surface area contributed by atoms with E-state index >= 15 is 0 Å². The number of nitrogens with zero attached hydrogens (tertiary/aromatic N) is 2. The first-order valence-corrected chi connectivity index (χ1v) is 9.15. The van der Waals surface area contributed by atoms with E-state index < -0.39 is 0 Å². The minimum absolute atomic E-state index is 0.0423. The number of nitrogens with one attached hydrogen (secondary N) is 1. The van der Waals surface area contributed by atoms with Gasteiger partial charge in [0.2, 0.25) is 0 Å². The fourth-order valence-corrected chi connectivity index (χ4v) is 4.39. The van der Waals surface area contributed by atoms with Crippen LogP contribution in [0.4, 0.5) is 10.5 Å². The number of pyridine rings is 1. The monoisotopic (exact) mass is 335 g/mol. The molecule has 2 atom stereocenters. The van der Waals surface area contributed by atoms with E-state index in [0.29, 0.717) is 12.1 Å². The number of fused-ring (bicyclic) bond motifs is 2. The van der Waals surface area contributed by atoms with Gasteiger partial charge in [-0.3, -0.25) is 4.98 Å². The van der Waals surface area contributed by atoms with Gasteiger partial charge in [0.05, 0.1) is 5.69 Å². The third-order valence-corrected chi connectivity index (χ3v) is 5.67. The summed E-state index contributed by atoms with van der Waals surface area (Å²) < 4.78 is 0. The molecule has 0 spiro atoms. The van der Waals surface area contributed by atoms with Crippen molar-refractivity contribution in [3.8, 4) is 11.3 Å². The second-order valence-electron chi connectivity index (χ2n) is 7.66. The van der Waals surface area contributed by atoms with Gasteiger partial charge in [0.1, 0.15) is 0 Å². The van der Waals surface area contributed by atoms with Crippen LogP contribution in [0.3, 0.4) is 0 Å². The highest BCUT2D eigenvalue weighted by Gasteiger charge is 2.46. The predicted molar refractivity (Wildman–Crippen MR) is 101 cm³/mol. The summed E-state index contributed by atoms with van der Waals surface area (Å²) in [6, 6.07) is 11.0. The summed E-state index contributed by atoms with van der Waals surface area (Å²) >= 11 is 0. The highest BCUT2D eigenvalue weighted by molar-refractivity contribution is 5.91. The maximum absolute atomic E-state index is 12.7. The number of rotatable bonds is 2. The Morgan fingerprint density at radius 1 is 1.12 bits per heavy atom. The Morgan fingerprint density at radius 3 is 2.60 bits per heavy atom. The van der Waals surface area contributed by atoms with Crippen LogP contribution < -0.4 is 5.32 Å². The van der Waals surface area contributed by atoms with Gasteiger partial charge in [-0.25, -0.2) is 4.79 Å². The zero-order chi connectivity index (χ0) is 17.6. The van der Waals surface area contributed by atoms with Gasteiger partial charge in [-0.1, -0.05) is 19.1 Å². The molecular formula is C21H25N3O. The van der Waals surface area contributed by atoms with Gasteiger partial charge in [-0.15, -0.1) is 0 Å². The van der Waals surface area contributed by atoms with Crippen molar-refractivity contribution in [2.45, 2.75) is 52.1 Å². The molecule has 2 aromatic rings. The summed E-state index contributed by atoms with van der Waals surface area (Å²) in [5.74, 6) is 0.742. The van der Waals surface area contributed by atoms with Crippen LogP contribution >= 0.6 is 0 Å². The lowest BCUT2D eigenvalue weighted by Crippen LogP contribution is -2.63. The maximum Gasteiger partial charge on any atom is 0.322 e. The molecule has 25 heavy (non-hydrogen) atoms. The molecule has 2 aliphatic heterocycles. The van der Waals surface area contributed by atoms with E-state index in [4.69, 9.17) is 0 Å². The summed E-state index contributed by atoms with van der Waals surface area (Å²) in [7, 11) is 0. The van der Waals surface area contributed by atoms with Crippen molar-refractivity contribution in [3.05, 3.63) is 47.7 Å². The number of hydrogen-bond acceptors (Lipinski definition) is 2. The molecule has 2 fully saturated rings. The van der Waals surface area contributed by atoms with Gasteiger partial charge in [-0.05, 0) is 68.4 Å². The highest BCUT2D eigenvalue weighted by Crippen LogP contribution is 2.41. The van der Waals surface area contributed by atoms with E-state index in [1.807, 2.05) is 29.3 Å². The third-order valence-electron chi connectivity index (χ3n) is 5.67. The molecule has 2 unspecified atom stereocenters. The molecule has 0 radical (unpaired) electrons. The van der Waals surface area contributed by atoms with Crippen LogP contribution in [0.2, 0.25) is 0 Å². The molecule has 2 bridgehead atoms. The summed E-state index contributed by atoms with van der Waals surface area (Å²) in [6.07, 6.45) is 5.26. The Labute approximate surface area is 149 Å². The molecule has 2 saturated heterocycles. The maximum atomic E-state index is 12.7. The lowest BCUT2D eigenvalue weighted by atomic mass is 9.74. The second-order valence-corrected chi connectivity index (χ2v) is 7.66. The molecule has 1 N–H and O–H groups in total. The lowest BCUT2D eigenvalue weighted by molar-refractivity contribution is -0.00600. The standard InChI is InChI=1S/C21H25N3O/c1-13-9-17-12-18(10-13)24(17)21(25)23-16-7-6-14(2)19(11-16)20-15(3)5-4-8-22-20/h4-8,11,13,17-18H,9-10,12H2,1-3H3,(H,23,25). The molecule has 0 aliphatic carbocycles. The van der Waals surface area contributed by atoms with E-state index in [1.54, 1.807) is 0 Å². The van der Waals surface area contributed by atoms with Crippen LogP contribution in [-0.4, -0.2) is 28.0 Å². The number of piperidine rings is 1. The van der Waals surface area contributed by atoms with E-state index in [0.717, 1.165) is 46.8 Å². The normalized spacial score (nSPS) is 24.6. The van der Waals surface area contributed by atoms with Gasteiger partial charge in [-0.2, -0.15) is 0 Å². The van der Waals surface area contributed by atoms with Crippen molar-refractivity contribution in [1.29, 1.82) is 0 Å². The van der Waals surface area contributed by atoms with Crippen LogP contribution in [-0.2, 0) is 0 Å². The van der Waals surface area contributed by atoms with E-state index in [-0.39, 0.29) is 6.03 Å². The fraction of sp³-hybridized carbons (Fsp3) is 0.429. The van der Waals surface area contributed by atoms with Crippen molar-refractivity contribution >= 4 is 11.7 Å². The summed E-state index contributed by atoms with van der Waals surface area (Å²) in [5, 5.41) is 3.10. The molecule has 2 aliphatic rings. The van der Waals surface area contributed by atoms with Gasteiger partial charge in [0.15, 0.2) is 0 Å². The lowest BCUT2D eigenvalue weighted by Gasteiger charge is -2.54. The molecule has 1 aromatic carbocycles. The van der Waals surface area contributed by atoms with Crippen molar-refractivity contribution in [2.75, 3.05) is 5.32 Å². The molecular weight excluding hydrogens is 310 g/mol. The fourth-order valence-electron chi connectivity index (χ4n) is 4.39. The quantitative estimate of drug-likeness (QED) is 0.859. The van der Waals surface area contributed by atoms with Crippen molar-refractivity contribution < 1.29 is 4.79 Å². The van der Waals surface area contributed by atoms with Gasteiger partial charge in [0.25, 0.3) is 0 Å². The average molecular weight is 335 g/mol. The number of anilines is 1. The highest BCUT2D eigenvalue weighted by atomic mass is 16.2. The van der Waals surface area contributed by atoms with Gasteiger partial charge >= 0.3 is 6.03 Å². The Morgan fingerprint density at radius 2 is 1.88 bits per heavy atom. The zero-order valence-corrected chi connectivity index (χ0v) is 15.1. The summed E-state index contributed by atoms with van der Waals surface area (Å²) in [4.78, 5) is 19.3. The van der Waals surface area contributed by atoms with E-state index in [2.05, 4.69) is 43.2 Å². The predicted octanol–water partition coefficient (Wildman–Crippen LogP) is 4.77. The smallest absolute Gasteiger partial charge is 0.318 e. The summed E-state index contributed by atoms with van der Waals surface area (Å²) in [6.45, 7) is 6.43. The zero-order valence-electron chi connectivity index (χ0n) is 15.1. The molecule has 4 nitrogen and oxygen atoms in total. The van der Waals surface area contributed by atoms with Crippen LogP contribution in [0, 0.1) is 19.8 Å². The molecule has 4 rings (SSSR count). The average Bonchev–Trinajstić information content (AvgIpc) is 2.57. The van der Waals surface area contributed by atoms with Crippen LogP contribution in [0.25, 0.3) is 11.3 Å². The van der Waals surface area contributed by atoms with Crippen molar-refractivity contribution in [3.63, 3.8) is 0 Å². The number of aryl methyl sites for hydroxylation is 2. The first-order chi connectivity index (χ1) is 12.0. The molecule has 130 valence electrons. The van der Waals surface area contributed by atoms with Crippen LogP contribution in [0.5, 0.6) is 0 Å². The number of hydrogen-bond donors (Lipinski definition) is 1. The number of carbonyl (C=O) groups is 1. The number of aromatic nitrogens is 1. The van der Waals surface area contributed by atoms with Crippen molar-refractivity contribution in [2.24, 2.45) is 5.92 Å². The Kier molecular flexibility index (Phi) is 3.98. The molecule has 3 heterocycles. The number of carbonyl (C=O) groups excluding carboxylic acids is 1. The number of urea groups is 1. The van der Waals surface area contributed by atoms with Crippen molar-refractivity contribution in [1.82, 2.24) is 9.88 Å². The Hall–Kier alpha value is -2.36. The Bertz CT molecular complexity index is 805. The molecule has 1 aromatic heterocycles. The van der Waals surface area contributed by atoms with Crippen LogP contribution in [0.15, 0.2) is 36.5 Å². The number of benzene rings is 1. The topological polar surface area (TPSA) is 45.2 Å². The second kappa shape index (κ2) is 6.17.